The van der Waals surface area contributed by atoms with Crippen LogP contribution in [0.4, 0.5) is 0 Å². The highest BCUT2D eigenvalue weighted by atomic mass is 127. The Morgan fingerprint density at radius 3 is 1.43 bits per heavy atom. The summed E-state index contributed by atoms with van der Waals surface area (Å²) in [6, 6.07) is 0. The van der Waals surface area contributed by atoms with E-state index in [1.54, 1.807) is 21.3 Å². The molecule has 4 nitrogen and oxygen atoms in total. The van der Waals surface area contributed by atoms with E-state index < -0.39 is 8.80 Å². The van der Waals surface area contributed by atoms with Gasteiger partial charge >= 0.3 is 8.80 Å². The minimum Gasteiger partial charge on any atom is -1.00 e. The van der Waals surface area contributed by atoms with Gasteiger partial charge in [-0.25, -0.2) is 0 Å². The van der Waals surface area contributed by atoms with Crippen LogP contribution in [0.25, 0.3) is 0 Å². The van der Waals surface area contributed by atoms with Crippen LogP contribution >= 0.6 is 0 Å². The lowest BCUT2D eigenvalue weighted by atomic mass is 10.2. The van der Waals surface area contributed by atoms with Crippen LogP contribution in [0.2, 0.25) is 0 Å². The maximum Gasteiger partial charge on any atom is 0.561 e. The van der Waals surface area contributed by atoms with Crippen molar-refractivity contribution in [3.63, 3.8) is 0 Å². The van der Waals surface area contributed by atoms with Crippen LogP contribution in [0.3, 0.4) is 0 Å². The van der Waals surface area contributed by atoms with Crippen molar-refractivity contribution < 1.29 is 41.7 Å². The smallest absolute Gasteiger partial charge is 0.561 e. The van der Waals surface area contributed by atoms with Crippen molar-refractivity contribution in [3.8, 4) is 0 Å². The molecule has 0 aliphatic rings. The van der Waals surface area contributed by atoms with E-state index in [1.807, 2.05) is 18.2 Å². The van der Waals surface area contributed by atoms with Crippen molar-refractivity contribution in [1.82, 2.24) is 0 Å². The first-order valence-corrected chi connectivity index (χ1v) is 8.70. The molecule has 0 amide bonds. The maximum atomic E-state index is 5.71. The van der Waals surface area contributed by atoms with Crippen LogP contribution in [0.15, 0.2) is 38.0 Å². The van der Waals surface area contributed by atoms with Crippen molar-refractivity contribution in [3.05, 3.63) is 38.0 Å². The van der Waals surface area contributed by atoms with Gasteiger partial charge in [-0.05, 0) is 18.2 Å². The van der Waals surface area contributed by atoms with Gasteiger partial charge in [0.25, 0.3) is 0 Å². The third-order valence-electron chi connectivity index (χ3n) is 3.79. The Morgan fingerprint density at radius 2 is 1.24 bits per heavy atom. The van der Waals surface area contributed by atoms with Crippen LogP contribution in [0, 0.1) is 0 Å². The molecule has 0 saturated carbocycles. The Bertz CT molecular complexity index is 287. The third-order valence-corrected chi connectivity index (χ3v) is 7.27. The Kier molecular flexibility index (Phi) is 12.8. The van der Waals surface area contributed by atoms with Gasteiger partial charge in [0.2, 0.25) is 0 Å². The molecule has 0 spiro atoms. The van der Waals surface area contributed by atoms with Crippen LogP contribution in [-0.4, -0.2) is 59.9 Å². The molecule has 0 aliphatic carbocycles. The molecule has 0 fully saturated rings. The van der Waals surface area contributed by atoms with E-state index in [4.69, 9.17) is 13.3 Å². The summed E-state index contributed by atoms with van der Waals surface area (Å²) in [4.78, 5) is 0. The van der Waals surface area contributed by atoms with Gasteiger partial charge in [-0.3, -0.25) is 0 Å². The zero-order valence-corrected chi connectivity index (χ0v) is 17.0. The molecule has 0 bridgehead atoms. The van der Waals surface area contributed by atoms with E-state index in [-0.39, 0.29) is 29.6 Å². The van der Waals surface area contributed by atoms with E-state index in [0.29, 0.717) is 0 Å². The standard InChI is InChI=1S/C15H30NO3Si.HI/c1-8-12-16(13-9-2,14-10-3)15(11-4)20(17-5,18-6)19-7;/h8-10,15H,1-3,11-14H2,4-7H3;1H/q+1;/p-1. The number of halogens is 1. The number of quaternary nitrogens is 1. The van der Waals surface area contributed by atoms with E-state index in [2.05, 4.69) is 26.7 Å². The molecule has 124 valence electrons. The number of hydrogen-bond donors (Lipinski definition) is 0. The van der Waals surface area contributed by atoms with Gasteiger partial charge in [-0.1, -0.05) is 26.7 Å². The molecule has 1 unspecified atom stereocenters. The van der Waals surface area contributed by atoms with E-state index in [9.17, 15) is 0 Å². The fraction of sp³-hybridized carbons (Fsp3) is 0.600. The molecule has 0 aromatic carbocycles. The molecule has 0 heterocycles. The largest absolute Gasteiger partial charge is 1.00 e. The zero-order chi connectivity index (χ0) is 15.6. The third kappa shape index (κ3) is 5.29. The fourth-order valence-electron chi connectivity index (χ4n) is 3.01. The molecular formula is C15H30INO3Si. The number of hydrogen-bond acceptors (Lipinski definition) is 3. The first-order chi connectivity index (χ1) is 9.56. The van der Waals surface area contributed by atoms with E-state index in [0.717, 1.165) is 30.5 Å². The second-order valence-corrected chi connectivity index (χ2v) is 7.87. The lowest BCUT2D eigenvalue weighted by Crippen LogP contribution is -3.00. The highest BCUT2D eigenvalue weighted by Crippen LogP contribution is 2.28. The molecular weight excluding hydrogens is 397 g/mol. The van der Waals surface area contributed by atoms with Crippen molar-refractivity contribution in [2.24, 2.45) is 0 Å². The molecule has 0 N–H and O–H groups in total. The second-order valence-electron chi connectivity index (χ2n) is 4.77. The van der Waals surface area contributed by atoms with Gasteiger partial charge < -0.3 is 41.7 Å². The Labute approximate surface area is 148 Å². The minimum absolute atomic E-state index is 0. The van der Waals surface area contributed by atoms with Crippen molar-refractivity contribution in [2.75, 3.05) is 41.0 Å². The number of nitrogens with zero attached hydrogens (tertiary/aromatic N) is 1. The Morgan fingerprint density at radius 1 is 0.905 bits per heavy atom. The molecule has 0 rings (SSSR count). The van der Waals surface area contributed by atoms with Gasteiger partial charge in [-0.15, -0.1) is 0 Å². The monoisotopic (exact) mass is 427 g/mol. The molecule has 0 aromatic heterocycles. The summed E-state index contributed by atoms with van der Waals surface area (Å²) in [5.41, 5.74) is 0.108. The molecule has 0 saturated heterocycles. The summed E-state index contributed by atoms with van der Waals surface area (Å²) in [7, 11) is 2.21. The Hall–Kier alpha value is 0.00688. The summed E-state index contributed by atoms with van der Waals surface area (Å²) < 4.78 is 17.8. The maximum absolute atomic E-state index is 5.71. The van der Waals surface area contributed by atoms with Crippen molar-refractivity contribution >= 4 is 8.80 Å². The predicted molar refractivity (Wildman–Crippen MR) is 86.3 cm³/mol. The molecule has 0 aliphatic heterocycles. The first-order valence-electron chi connectivity index (χ1n) is 6.90. The van der Waals surface area contributed by atoms with Gasteiger partial charge in [0.15, 0.2) is 5.67 Å². The highest BCUT2D eigenvalue weighted by Gasteiger charge is 2.57. The fourth-order valence-corrected chi connectivity index (χ4v) is 5.81. The Balaban J connectivity index is 0. The average Bonchev–Trinajstić information content (AvgIpc) is 2.45. The predicted octanol–water partition coefficient (Wildman–Crippen LogP) is -0.439. The second kappa shape index (κ2) is 11.6. The first kappa shape index (κ1) is 23.3. The van der Waals surface area contributed by atoms with Crippen LogP contribution in [0.1, 0.15) is 13.3 Å². The average molecular weight is 427 g/mol. The summed E-state index contributed by atoms with van der Waals surface area (Å²) in [5.74, 6) is 0. The molecule has 0 aromatic rings. The van der Waals surface area contributed by atoms with Gasteiger partial charge in [-0.2, -0.15) is 0 Å². The molecule has 21 heavy (non-hydrogen) atoms. The van der Waals surface area contributed by atoms with Gasteiger partial charge in [0, 0.05) is 27.8 Å². The van der Waals surface area contributed by atoms with E-state index >= 15 is 0 Å². The van der Waals surface area contributed by atoms with Crippen molar-refractivity contribution in [1.29, 1.82) is 0 Å². The highest BCUT2D eigenvalue weighted by molar-refractivity contribution is 6.62. The molecule has 0 radical (unpaired) electrons. The minimum atomic E-state index is -2.77. The summed E-state index contributed by atoms with van der Waals surface area (Å²) in [5, 5.41) is 0. The lowest BCUT2D eigenvalue weighted by Gasteiger charge is -2.47. The van der Waals surface area contributed by atoms with Gasteiger partial charge in [0.05, 0.1) is 19.6 Å². The summed E-state index contributed by atoms with van der Waals surface area (Å²) in [6.45, 7) is 16.2. The normalized spacial score (nSPS) is 13.1. The molecule has 1 atom stereocenters. The molecule has 6 heteroatoms. The van der Waals surface area contributed by atoms with Crippen LogP contribution in [-0.2, 0) is 13.3 Å². The number of rotatable bonds is 12. The summed E-state index contributed by atoms with van der Waals surface area (Å²) in [6.07, 6.45) is 6.67. The zero-order valence-electron chi connectivity index (χ0n) is 13.8. The van der Waals surface area contributed by atoms with Gasteiger partial charge in [0.1, 0.15) is 0 Å². The van der Waals surface area contributed by atoms with Crippen LogP contribution in [0.5, 0.6) is 0 Å². The SMILES string of the molecule is C=CC[N+](CC=C)(CC=C)C(CC)[Si](OC)(OC)OC.[I-]. The lowest BCUT2D eigenvalue weighted by molar-refractivity contribution is -0.927. The van der Waals surface area contributed by atoms with Crippen LogP contribution < -0.4 is 24.0 Å². The van der Waals surface area contributed by atoms with Crippen molar-refractivity contribution in [2.45, 2.75) is 19.0 Å². The topological polar surface area (TPSA) is 27.7 Å². The van der Waals surface area contributed by atoms with E-state index in [1.165, 1.54) is 0 Å². The summed E-state index contributed by atoms with van der Waals surface area (Å²) >= 11 is 0. The quantitative estimate of drug-likeness (QED) is 0.183.